The summed E-state index contributed by atoms with van der Waals surface area (Å²) in [6.07, 6.45) is 2.59. The molecule has 0 saturated carbocycles. The van der Waals surface area contributed by atoms with Gasteiger partial charge in [-0.15, -0.1) is 11.8 Å². The third kappa shape index (κ3) is 4.51. The number of rotatable bonds is 5. The van der Waals surface area contributed by atoms with Gasteiger partial charge in [0.1, 0.15) is 0 Å². The van der Waals surface area contributed by atoms with E-state index >= 15 is 0 Å². The molecule has 0 radical (unpaired) electrons. The van der Waals surface area contributed by atoms with Crippen molar-refractivity contribution in [1.29, 1.82) is 0 Å². The van der Waals surface area contributed by atoms with Gasteiger partial charge < -0.3 is 5.73 Å². The number of nitrogens with zero attached hydrogens (tertiary/aromatic N) is 1. The maximum Gasteiger partial charge on any atom is 0.0221 e. The minimum Gasteiger partial charge on any atom is -0.329 e. The fourth-order valence-corrected chi connectivity index (χ4v) is 3.65. The van der Waals surface area contributed by atoms with Crippen LogP contribution in [0.2, 0.25) is 0 Å². The van der Waals surface area contributed by atoms with Crippen LogP contribution in [-0.4, -0.2) is 36.3 Å². The summed E-state index contributed by atoms with van der Waals surface area (Å²) < 4.78 is 0. The number of benzene rings is 1. The van der Waals surface area contributed by atoms with Crippen LogP contribution in [0.4, 0.5) is 0 Å². The van der Waals surface area contributed by atoms with Crippen molar-refractivity contribution >= 4 is 11.8 Å². The molecule has 0 spiro atoms. The van der Waals surface area contributed by atoms with Gasteiger partial charge >= 0.3 is 0 Å². The maximum atomic E-state index is 5.91. The van der Waals surface area contributed by atoms with Crippen molar-refractivity contribution in [2.24, 2.45) is 11.7 Å². The molecule has 3 heteroatoms. The number of hydrogen-bond donors (Lipinski definition) is 1. The summed E-state index contributed by atoms with van der Waals surface area (Å²) in [6, 6.07) is 9.42. The van der Waals surface area contributed by atoms with Crippen molar-refractivity contribution in [2.45, 2.75) is 37.6 Å². The zero-order valence-electron chi connectivity index (χ0n) is 12.1. The second-order valence-electron chi connectivity index (χ2n) is 5.72. The quantitative estimate of drug-likeness (QED) is 0.839. The molecule has 0 aromatic heterocycles. The highest BCUT2D eigenvalue weighted by Crippen LogP contribution is 2.23. The summed E-state index contributed by atoms with van der Waals surface area (Å²) in [5, 5.41) is 0. The number of hydrogen-bond acceptors (Lipinski definition) is 3. The van der Waals surface area contributed by atoms with E-state index in [9.17, 15) is 0 Å². The molecule has 1 aliphatic rings. The molecular weight excluding hydrogens is 252 g/mol. The lowest BCUT2D eigenvalue weighted by atomic mass is 9.92. The highest BCUT2D eigenvalue weighted by molar-refractivity contribution is 7.99. The van der Waals surface area contributed by atoms with Gasteiger partial charge in [-0.2, -0.15) is 0 Å². The Hall–Kier alpha value is -0.510. The first-order valence-corrected chi connectivity index (χ1v) is 8.31. The monoisotopic (exact) mass is 278 g/mol. The van der Waals surface area contributed by atoms with Crippen molar-refractivity contribution in [3.05, 3.63) is 29.8 Å². The number of nitrogens with two attached hydrogens (primary N) is 1. The van der Waals surface area contributed by atoms with Crippen LogP contribution in [0.25, 0.3) is 0 Å². The van der Waals surface area contributed by atoms with E-state index in [0.29, 0.717) is 6.04 Å². The van der Waals surface area contributed by atoms with Crippen molar-refractivity contribution < 1.29 is 0 Å². The Morgan fingerprint density at radius 3 is 2.74 bits per heavy atom. The fraction of sp³-hybridized carbons (Fsp3) is 0.625. The minimum absolute atomic E-state index is 0.599. The molecule has 0 aliphatic carbocycles. The van der Waals surface area contributed by atoms with Gasteiger partial charge in [0.2, 0.25) is 0 Å². The van der Waals surface area contributed by atoms with E-state index < -0.39 is 0 Å². The molecular formula is C16H26N2S. The maximum absolute atomic E-state index is 5.91. The Bertz CT molecular complexity index is 377. The van der Waals surface area contributed by atoms with E-state index in [1.165, 1.54) is 29.8 Å². The molecule has 2 unspecified atom stereocenters. The van der Waals surface area contributed by atoms with Crippen LogP contribution >= 0.6 is 11.8 Å². The van der Waals surface area contributed by atoms with Crippen molar-refractivity contribution in [1.82, 2.24) is 4.90 Å². The van der Waals surface area contributed by atoms with E-state index in [0.717, 1.165) is 24.8 Å². The molecule has 2 nitrogen and oxygen atoms in total. The Labute approximate surface area is 121 Å². The molecule has 1 aliphatic heterocycles. The van der Waals surface area contributed by atoms with E-state index in [1.807, 2.05) is 11.8 Å². The van der Waals surface area contributed by atoms with Crippen LogP contribution in [0.1, 0.15) is 25.3 Å². The summed E-state index contributed by atoms with van der Waals surface area (Å²) in [5.74, 6) is 2.00. The molecule has 1 heterocycles. The van der Waals surface area contributed by atoms with Crippen LogP contribution in [0.3, 0.4) is 0 Å². The predicted molar refractivity (Wildman–Crippen MR) is 84.7 cm³/mol. The number of piperidine rings is 1. The molecule has 1 fully saturated rings. The summed E-state index contributed by atoms with van der Waals surface area (Å²) in [5.41, 5.74) is 7.24. The van der Waals surface area contributed by atoms with Gasteiger partial charge in [-0.1, -0.05) is 24.6 Å². The van der Waals surface area contributed by atoms with Gasteiger partial charge in [0.15, 0.2) is 0 Å². The van der Waals surface area contributed by atoms with Gasteiger partial charge in [-0.25, -0.2) is 0 Å². The lowest BCUT2D eigenvalue weighted by Gasteiger charge is -2.37. The molecule has 1 aromatic carbocycles. The largest absolute Gasteiger partial charge is 0.329 e. The highest BCUT2D eigenvalue weighted by atomic mass is 32.2. The summed E-state index contributed by atoms with van der Waals surface area (Å²) in [7, 11) is 0. The van der Waals surface area contributed by atoms with Crippen molar-refractivity contribution in [2.75, 3.05) is 25.4 Å². The Kier molecular flexibility index (Phi) is 5.74. The zero-order chi connectivity index (χ0) is 13.7. The number of aryl methyl sites for hydroxylation is 1. The van der Waals surface area contributed by atoms with E-state index in [-0.39, 0.29) is 0 Å². The van der Waals surface area contributed by atoms with Gasteiger partial charge in [-0.05, 0) is 44.4 Å². The fourth-order valence-electron chi connectivity index (χ4n) is 2.76. The van der Waals surface area contributed by atoms with Gasteiger partial charge in [0, 0.05) is 29.8 Å². The molecule has 0 bridgehead atoms. The molecule has 1 saturated heterocycles. The van der Waals surface area contributed by atoms with Crippen molar-refractivity contribution in [3.63, 3.8) is 0 Å². The summed E-state index contributed by atoms with van der Waals surface area (Å²) in [6.45, 7) is 7.67. The predicted octanol–water partition coefficient (Wildman–Crippen LogP) is 3.15. The first-order valence-electron chi connectivity index (χ1n) is 7.32. The van der Waals surface area contributed by atoms with E-state index in [1.54, 1.807) is 0 Å². The van der Waals surface area contributed by atoms with Crippen LogP contribution < -0.4 is 5.73 Å². The third-order valence-corrected chi connectivity index (χ3v) is 5.03. The average molecular weight is 278 g/mol. The SMILES string of the molecule is Cc1ccc(SCCN2CCC(C)CC2CN)cc1. The van der Waals surface area contributed by atoms with Crippen LogP contribution in [0.15, 0.2) is 29.2 Å². The van der Waals surface area contributed by atoms with Crippen LogP contribution in [-0.2, 0) is 0 Å². The first kappa shape index (κ1) is 14.9. The van der Waals surface area contributed by atoms with Gasteiger partial charge in [0.25, 0.3) is 0 Å². The Balaban J connectivity index is 1.77. The van der Waals surface area contributed by atoms with E-state index in [2.05, 4.69) is 43.0 Å². The van der Waals surface area contributed by atoms with Gasteiger partial charge in [0.05, 0.1) is 0 Å². The lowest BCUT2D eigenvalue weighted by Crippen LogP contribution is -2.47. The summed E-state index contributed by atoms with van der Waals surface area (Å²) in [4.78, 5) is 3.96. The zero-order valence-corrected chi connectivity index (χ0v) is 13.0. The molecule has 1 aromatic rings. The average Bonchev–Trinajstić information content (AvgIpc) is 2.42. The molecule has 2 atom stereocenters. The number of likely N-dealkylation sites (tertiary alicyclic amines) is 1. The normalized spacial score (nSPS) is 24.6. The highest BCUT2D eigenvalue weighted by Gasteiger charge is 2.24. The smallest absolute Gasteiger partial charge is 0.0221 e. The molecule has 2 N–H and O–H groups in total. The third-order valence-electron chi connectivity index (χ3n) is 4.04. The molecule has 19 heavy (non-hydrogen) atoms. The Morgan fingerprint density at radius 2 is 2.05 bits per heavy atom. The second kappa shape index (κ2) is 7.32. The lowest BCUT2D eigenvalue weighted by molar-refractivity contribution is 0.131. The first-order chi connectivity index (χ1) is 9.19. The van der Waals surface area contributed by atoms with Crippen LogP contribution in [0, 0.1) is 12.8 Å². The number of thioether (sulfide) groups is 1. The molecule has 0 amide bonds. The topological polar surface area (TPSA) is 29.3 Å². The molecule has 2 rings (SSSR count). The minimum atomic E-state index is 0.599. The summed E-state index contributed by atoms with van der Waals surface area (Å²) >= 11 is 1.95. The second-order valence-corrected chi connectivity index (χ2v) is 6.88. The van der Waals surface area contributed by atoms with Crippen molar-refractivity contribution in [3.8, 4) is 0 Å². The van der Waals surface area contributed by atoms with Crippen LogP contribution in [0.5, 0.6) is 0 Å². The van der Waals surface area contributed by atoms with E-state index in [4.69, 9.17) is 5.73 Å². The molecule has 106 valence electrons. The standard InChI is InChI=1S/C16H26N2S/c1-13-3-5-16(6-4-13)19-10-9-18-8-7-14(2)11-15(18)12-17/h3-6,14-15H,7-12,17H2,1-2H3. The van der Waals surface area contributed by atoms with Gasteiger partial charge in [-0.3, -0.25) is 4.90 Å². The Morgan fingerprint density at radius 1 is 1.32 bits per heavy atom.